The number of nitrogen functional groups attached to an aromatic ring is 1. The van der Waals surface area contributed by atoms with Crippen LogP contribution in [-0.2, 0) is 28.8 Å². The minimum atomic E-state index is -1.33. The number of nitrogens with one attached hydrogen (secondary N) is 1. The minimum absolute atomic E-state index is 0.0634. The molecule has 30 heavy (non-hydrogen) atoms. The zero-order chi connectivity index (χ0) is 22.0. The van der Waals surface area contributed by atoms with E-state index in [1.54, 1.807) is 0 Å². The van der Waals surface area contributed by atoms with Gasteiger partial charge in [-0.05, 0) is 0 Å². The molecule has 15 heteroatoms. The van der Waals surface area contributed by atoms with Gasteiger partial charge in [0.25, 0.3) is 11.8 Å². The molecular weight excluding hydrogens is 440 g/mol. The van der Waals surface area contributed by atoms with Gasteiger partial charge in [-0.1, -0.05) is 5.16 Å². The molecule has 3 heterocycles. The summed E-state index contributed by atoms with van der Waals surface area (Å²) in [5.74, 6) is -3.16. The first-order valence-corrected chi connectivity index (χ1v) is 10.1. The summed E-state index contributed by atoms with van der Waals surface area (Å²) >= 11 is 2.09. The number of carbonyl (C=O) groups is 4. The Bertz CT molecular complexity index is 974. The molecule has 2 aliphatic heterocycles. The van der Waals surface area contributed by atoms with Crippen molar-refractivity contribution in [1.82, 2.24) is 19.6 Å². The van der Waals surface area contributed by atoms with E-state index in [1.807, 2.05) is 0 Å². The lowest BCUT2D eigenvalue weighted by molar-refractivity contribution is -0.150. The van der Waals surface area contributed by atoms with Crippen LogP contribution in [0.1, 0.15) is 12.7 Å². The average Bonchev–Trinajstić information content (AvgIpc) is 3.13. The van der Waals surface area contributed by atoms with Gasteiger partial charge in [-0.3, -0.25) is 19.3 Å². The second kappa shape index (κ2) is 8.66. The SMILES string of the molecule is CO/N=C(\C(=O)NC1C(=O)N2C(C(=O)O)=C(COC(C)=O)CSC12)c1nsc(N)n1. The number of oxime groups is 1. The quantitative estimate of drug-likeness (QED) is 0.193. The summed E-state index contributed by atoms with van der Waals surface area (Å²) in [5, 5.41) is 15.1. The molecule has 160 valence electrons. The van der Waals surface area contributed by atoms with Crippen LogP contribution < -0.4 is 11.1 Å². The molecule has 1 saturated heterocycles. The van der Waals surface area contributed by atoms with Gasteiger partial charge in [0.1, 0.15) is 30.8 Å². The first-order chi connectivity index (χ1) is 14.2. The number of rotatable bonds is 7. The number of thioether (sulfide) groups is 1. The number of ether oxygens (including phenoxy) is 1. The Morgan fingerprint density at radius 1 is 1.43 bits per heavy atom. The van der Waals surface area contributed by atoms with Crippen LogP contribution >= 0.6 is 23.3 Å². The number of nitrogens with two attached hydrogens (primary N) is 1. The molecule has 13 nitrogen and oxygen atoms in total. The number of carbonyl (C=O) groups excluding carboxylic acids is 3. The molecule has 4 N–H and O–H groups in total. The Kier molecular flexibility index (Phi) is 6.21. The number of anilines is 1. The molecule has 0 aromatic carbocycles. The molecule has 1 fully saturated rings. The van der Waals surface area contributed by atoms with Crippen LogP contribution in [-0.4, -0.2) is 79.7 Å². The Morgan fingerprint density at radius 3 is 2.73 bits per heavy atom. The highest BCUT2D eigenvalue weighted by Crippen LogP contribution is 2.40. The monoisotopic (exact) mass is 456 g/mol. The third-order valence-electron chi connectivity index (χ3n) is 4.04. The summed E-state index contributed by atoms with van der Waals surface area (Å²) in [5.41, 5.74) is 5.28. The molecule has 0 saturated carbocycles. The fraction of sp³-hybridized carbons (Fsp3) is 0.400. The van der Waals surface area contributed by atoms with Gasteiger partial charge in [-0.25, -0.2) is 4.79 Å². The normalized spacial score (nSPS) is 20.9. The molecular formula is C15H16N6O7S2. The van der Waals surface area contributed by atoms with Crippen LogP contribution in [0.25, 0.3) is 0 Å². The predicted octanol–water partition coefficient (Wildman–Crippen LogP) is -1.23. The van der Waals surface area contributed by atoms with E-state index < -0.39 is 35.2 Å². The van der Waals surface area contributed by atoms with E-state index in [0.717, 1.165) is 16.4 Å². The second-order valence-electron chi connectivity index (χ2n) is 5.98. The van der Waals surface area contributed by atoms with Crippen molar-refractivity contribution < 1.29 is 33.9 Å². The van der Waals surface area contributed by atoms with Gasteiger partial charge in [0.15, 0.2) is 5.13 Å². The molecule has 2 atom stereocenters. The number of amides is 2. The molecule has 0 spiro atoms. The van der Waals surface area contributed by atoms with Crippen molar-refractivity contribution in [2.24, 2.45) is 5.16 Å². The molecule has 0 aliphatic carbocycles. The van der Waals surface area contributed by atoms with Crippen molar-refractivity contribution in [2.75, 3.05) is 25.2 Å². The number of hydrogen-bond donors (Lipinski definition) is 3. The van der Waals surface area contributed by atoms with Crippen LogP contribution in [0.2, 0.25) is 0 Å². The molecule has 2 aliphatic rings. The highest BCUT2D eigenvalue weighted by molar-refractivity contribution is 8.00. The maximum absolute atomic E-state index is 12.6. The van der Waals surface area contributed by atoms with E-state index in [4.69, 9.17) is 10.5 Å². The van der Waals surface area contributed by atoms with Crippen molar-refractivity contribution >= 4 is 57.9 Å². The summed E-state index contributed by atoms with van der Waals surface area (Å²) in [6.07, 6.45) is 0. The van der Waals surface area contributed by atoms with Crippen LogP contribution in [0.15, 0.2) is 16.4 Å². The largest absolute Gasteiger partial charge is 0.477 e. The Labute approximate surface area is 177 Å². The smallest absolute Gasteiger partial charge is 0.352 e. The predicted molar refractivity (Wildman–Crippen MR) is 104 cm³/mol. The number of aliphatic carboxylic acids is 1. The molecule has 1 aromatic rings. The number of carboxylic acids is 1. The number of esters is 1. The van der Waals surface area contributed by atoms with Crippen molar-refractivity contribution in [3.8, 4) is 0 Å². The Morgan fingerprint density at radius 2 is 2.17 bits per heavy atom. The Balaban J connectivity index is 1.77. The highest BCUT2D eigenvalue weighted by atomic mass is 32.2. The summed E-state index contributed by atoms with van der Waals surface area (Å²) < 4.78 is 8.77. The first-order valence-electron chi connectivity index (χ1n) is 8.29. The third-order valence-corrected chi connectivity index (χ3v) is 5.92. The fourth-order valence-electron chi connectivity index (χ4n) is 2.80. The summed E-state index contributed by atoms with van der Waals surface area (Å²) in [4.78, 5) is 57.6. The second-order valence-corrected chi connectivity index (χ2v) is 7.87. The van der Waals surface area contributed by atoms with Crippen molar-refractivity contribution in [3.05, 3.63) is 17.1 Å². The van der Waals surface area contributed by atoms with Crippen LogP contribution in [0.3, 0.4) is 0 Å². The number of aromatic nitrogens is 2. The zero-order valence-electron chi connectivity index (χ0n) is 15.6. The third kappa shape index (κ3) is 4.06. The lowest BCUT2D eigenvalue weighted by atomic mass is 10.0. The number of nitrogens with zero attached hydrogens (tertiary/aromatic N) is 4. The Hall–Kier alpha value is -3.20. The van der Waals surface area contributed by atoms with Crippen LogP contribution in [0, 0.1) is 0 Å². The van der Waals surface area contributed by atoms with Crippen molar-refractivity contribution in [3.63, 3.8) is 0 Å². The lowest BCUT2D eigenvalue weighted by Crippen LogP contribution is -2.71. The highest BCUT2D eigenvalue weighted by Gasteiger charge is 2.54. The van der Waals surface area contributed by atoms with Gasteiger partial charge in [0.05, 0.1) is 0 Å². The minimum Gasteiger partial charge on any atom is -0.477 e. The maximum atomic E-state index is 12.6. The van der Waals surface area contributed by atoms with Gasteiger partial charge in [0.2, 0.25) is 11.5 Å². The van der Waals surface area contributed by atoms with Gasteiger partial charge in [-0.2, -0.15) is 9.36 Å². The number of fused-ring (bicyclic) bond motifs is 1. The fourth-order valence-corrected chi connectivity index (χ4v) is 4.56. The van der Waals surface area contributed by atoms with Gasteiger partial charge >= 0.3 is 11.9 Å². The summed E-state index contributed by atoms with van der Waals surface area (Å²) in [6.45, 7) is 0.961. The average molecular weight is 456 g/mol. The molecule has 1 aromatic heterocycles. The standard InChI is InChI=1S/C15H16N6O7S2/c1-5(22)28-3-6-4-29-13-8(12(24)21(13)9(6)14(25)26)17-11(23)7(19-27-2)10-18-15(16)30-20-10/h8,13H,3-4H2,1-2H3,(H,17,23)(H,25,26)(H2,16,18,20)/b19-7-. The van der Waals surface area contributed by atoms with Gasteiger partial charge < -0.3 is 25.7 Å². The van der Waals surface area contributed by atoms with E-state index in [-0.39, 0.29) is 34.7 Å². The van der Waals surface area contributed by atoms with Crippen molar-refractivity contribution in [2.45, 2.75) is 18.3 Å². The van der Waals surface area contributed by atoms with Gasteiger partial charge in [-0.15, -0.1) is 11.8 Å². The zero-order valence-corrected chi connectivity index (χ0v) is 17.3. The summed E-state index contributed by atoms with van der Waals surface area (Å²) in [6, 6.07) is -0.995. The molecule has 2 amide bonds. The van der Waals surface area contributed by atoms with Crippen LogP contribution in [0.4, 0.5) is 5.13 Å². The van der Waals surface area contributed by atoms with Crippen molar-refractivity contribution in [1.29, 1.82) is 0 Å². The number of β-lactam (4-membered cyclic amide) rings is 1. The maximum Gasteiger partial charge on any atom is 0.352 e. The van der Waals surface area contributed by atoms with E-state index in [0.29, 0.717) is 5.57 Å². The van der Waals surface area contributed by atoms with Gasteiger partial charge in [0, 0.05) is 29.8 Å². The van der Waals surface area contributed by atoms with E-state index >= 15 is 0 Å². The lowest BCUT2D eigenvalue weighted by Gasteiger charge is -2.49. The van der Waals surface area contributed by atoms with E-state index in [2.05, 4.69) is 24.7 Å². The topological polar surface area (TPSA) is 186 Å². The molecule has 2 unspecified atom stereocenters. The summed E-state index contributed by atoms with van der Waals surface area (Å²) in [7, 11) is 1.23. The number of hydrogen-bond acceptors (Lipinski definition) is 12. The molecule has 0 radical (unpaired) electrons. The molecule has 3 rings (SSSR count). The van der Waals surface area contributed by atoms with E-state index in [1.165, 1.54) is 25.8 Å². The van der Waals surface area contributed by atoms with E-state index in [9.17, 15) is 24.3 Å². The van der Waals surface area contributed by atoms with Crippen LogP contribution in [0.5, 0.6) is 0 Å². The first kappa shape index (κ1) is 21.5. The molecule has 0 bridgehead atoms. The number of carboxylic acid groups (broad SMARTS) is 1.